The average Bonchev–Trinajstić information content (AvgIpc) is 1.67. The van der Waals surface area contributed by atoms with Crippen LogP contribution in [0.5, 0.6) is 0 Å². The molecule has 0 amide bonds. The van der Waals surface area contributed by atoms with Gasteiger partial charge in [-0.05, 0) is 0 Å². The van der Waals surface area contributed by atoms with E-state index >= 15 is 0 Å². The minimum Gasteiger partial charge on any atom is -0.384 e. The summed E-state index contributed by atoms with van der Waals surface area (Å²) in [5.41, 5.74) is 0.134. The van der Waals surface area contributed by atoms with Crippen LogP contribution in [0.2, 0.25) is 0 Å². The lowest BCUT2D eigenvalue weighted by Gasteiger charge is -2.16. The predicted molar refractivity (Wildman–Crippen MR) is 35.9 cm³/mol. The first-order chi connectivity index (χ1) is 3.62. The molecule has 1 nitrogen and oxygen atoms in total. The van der Waals surface area contributed by atoms with Crippen LogP contribution in [0.15, 0.2) is 12.7 Å². The fraction of sp³-hybridized carbons (Fsp3) is 0.714. The molecule has 0 spiro atoms. The molecule has 0 aromatic rings. The summed E-state index contributed by atoms with van der Waals surface area (Å²) < 4.78 is 4.93. The van der Waals surface area contributed by atoms with Crippen LogP contribution in [0.25, 0.3) is 0 Å². The van der Waals surface area contributed by atoms with Crippen LogP contribution < -0.4 is 0 Å². The third-order valence-electron chi connectivity index (χ3n) is 1.07. The van der Waals surface area contributed by atoms with Crippen molar-refractivity contribution in [2.24, 2.45) is 5.41 Å². The molecule has 0 radical (unpaired) electrons. The van der Waals surface area contributed by atoms with Crippen molar-refractivity contribution in [2.75, 3.05) is 13.7 Å². The van der Waals surface area contributed by atoms with Gasteiger partial charge in [0.05, 0.1) is 6.61 Å². The van der Waals surface area contributed by atoms with Crippen LogP contribution in [0.3, 0.4) is 0 Å². The number of rotatable bonds is 3. The van der Waals surface area contributed by atoms with E-state index in [2.05, 4.69) is 20.4 Å². The molecule has 0 fully saturated rings. The van der Waals surface area contributed by atoms with Crippen LogP contribution in [-0.4, -0.2) is 13.7 Å². The van der Waals surface area contributed by atoms with E-state index in [9.17, 15) is 0 Å². The minimum atomic E-state index is 0.134. The van der Waals surface area contributed by atoms with Gasteiger partial charge < -0.3 is 4.74 Å². The molecule has 48 valence electrons. The van der Waals surface area contributed by atoms with Crippen LogP contribution in [0, 0.1) is 5.41 Å². The number of hydrogen-bond acceptors (Lipinski definition) is 1. The van der Waals surface area contributed by atoms with Crippen molar-refractivity contribution in [3.63, 3.8) is 0 Å². The number of ether oxygens (including phenoxy) is 1. The largest absolute Gasteiger partial charge is 0.384 e. The smallest absolute Gasteiger partial charge is 0.0547 e. The predicted octanol–water partition coefficient (Wildman–Crippen LogP) is 1.84. The fourth-order valence-corrected chi connectivity index (χ4v) is 0.431. The third-order valence-corrected chi connectivity index (χ3v) is 1.07. The molecule has 0 aromatic heterocycles. The minimum absolute atomic E-state index is 0.134. The highest BCUT2D eigenvalue weighted by Crippen LogP contribution is 2.14. The van der Waals surface area contributed by atoms with Crippen molar-refractivity contribution in [1.82, 2.24) is 0 Å². The van der Waals surface area contributed by atoms with Gasteiger partial charge in [0.15, 0.2) is 0 Å². The molecule has 0 unspecified atom stereocenters. The summed E-state index contributed by atoms with van der Waals surface area (Å²) in [6.07, 6.45) is 1.90. The second-order valence-electron chi connectivity index (χ2n) is 2.63. The van der Waals surface area contributed by atoms with E-state index in [1.165, 1.54) is 0 Å². The van der Waals surface area contributed by atoms with E-state index in [4.69, 9.17) is 4.74 Å². The van der Waals surface area contributed by atoms with E-state index in [1.54, 1.807) is 7.11 Å². The fourth-order valence-electron chi connectivity index (χ4n) is 0.431. The second kappa shape index (κ2) is 2.88. The highest BCUT2D eigenvalue weighted by atomic mass is 16.5. The lowest BCUT2D eigenvalue weighted by molar-refractivity contribution is 0.133. The Morgan fingerprint density at radius 2 is 2.12 bits per heavy atom. The summed E-state index contributed by atoms with van der Waals surface area (Å²) in [5.74, 6) is 0. The molecule has 0 saturated carbocycles. The zero-order chi connectivity index (χ0) is 6.62. The van der Waals surface area contributed by atoms with E-state index in [-0.39, 0.29) is 5.41 Å². The van der Waals surface area contributed by atoms with Gasteiger partial charge in [0.1, 0.15) is 0 Å². The first-order valence-corrected chi connectivity index (χ1v) is 2.75. The summed E-state index contributed by atoms with van der Waals surface area (Å²) in [5, 5.41) is 0. The molecule has 0 aliphatic heterocycles. The molecule has 0 saturated heterocycles. The molecule has 8 heavy (non-hydrogen) atoms. The van der Waals surface area contributed by atoms with Gasteiger partial charge in [0.25, 0.3) is 0 Å². The highest BCUT2D eigenvalue weighted by molar-refractivity contribution is 4.86. The Kier molecular flexibility index (Phi) is 2.77. The molecule has 0 aliphatic carbocycles. The molecule has 0 atom stereocenters. The topological polar surface area (TPSA) is 9.23 Å². The van der Waals surface area contributed by atoms with Crippen molar-refractivity contribution in [3.8, 4) is 0 Å². The van der Waals surface area contributed by atoms with E-state index < -0.39 is 0 Å². The first-order valence-electron chi connectivity index (χ1n) is 2.75. The van der Waals surface area contributed by atoms with Crippen molar-refractivity contribution >= 4 is 0 Å². The van der Waals surface area contributed by atoms with Crippen molar-refractivity contribution in [3.05, 3.63) is 12.7 Å². The molecule has 0 bridgehead atoms. The van der Waals surface area contributed by atoms with Crippen molar-refractivity contribution in [1.29, 1.82) is 0 Å². The Morgan fingerprint density at radius 1 is 1.62 bits per heavy atom. The third kappa shape index (κ3) is 2.80. The Balaban J connectivity index is 3.53. The normalized spacial score (nSPS) is 11.4. The zero-order valence-electron chi connectivity index (χ0n) is 5.90. The average molecular weight is 114 g/mol. The molecule has 0 heterocycles. The Hall–Kier alpha value is -0.300. The lowest BCUT2D eigenvalue weighted by Crippen LogP contribution is -2.13. The van der Waals surface area contributed by atoms with Gasteiger partial charge in [-0.1, -0.05) is 19.9 Å². The van der Waals surface area contributed by atoms with Crippen LogP contribution in [-0.2, 0) is 4.74 Å². The van der Waals surface area contributed by atoms with Gasteiger partial charge >= 0.3 is 0 Å². The first kappa shape index (κ1) is 7.70. The molecule has 0 rings (SSSR count). The van der Waals surface area contributed by atoms with Gasteiger partial charge in [-0.25, -0.2) is 0 Å². The van der Waals surface area contributed by atoms with Crippen LogP contribution >= 0.6 is 0 Å². The van der Waals surface area contributed by atoms with Crippen molar-refractivity contribution < 1.29 is 4.74 Å². The monoisotopic (exact) mass is 114 g/mol. The maximum atomic E-state index is 4.93. The highest BCUT2D eigenvalue weighted by Gasteiger charge is 2.10. The zero-order valence-corrected chi connectivity index (χ0v) is 5.90. The van der Waals surface area contributed by atoms with Gasteiger partial charge in [-0.2, -0.15) is 0 Å². The maximum absolute atomic E-state index is 4.93. The second-order valence-corrected chi connectivity index (χ2v) is 2.63. The van der Waals surface area contributed by atoms with E-state index in [1.807, 2.05) is 6.08 Å². The quantitative estimate of drug-likeness (QED) is 0.509. The summed E-state index contributed by atoms with van der Waals surface area (Å²) in [4.78, 5) is 0. The summed E-state index contributed by atoms with van der Waals surface area (Å²) in [6.45, 7) is 8.59. The lowest BCUT2D eigenvalue weighted by atomic mass is 9.96. The SMILES string of the molecule is C=CC(C)(C)COC. The van der Waals surface area contributed by atoms with Crippen LogP contribution in [0.1, 0.15) is 13.8 Å². The van der Waals surface area contributed by atoms with E-state index in [0.29, 0.717) is 0 Å². The Morgan fingerprint density at radius 3 is 2.25 bits per heavy atom. The van der Waals surface area contributed by atoms with Gasteiger partial charge in [-0.3, -0.25) is 0 Å². The molecule has 0 N–H and O–H groups in total. The van der Waals surface area contributed by atoms with E-state index in [0.717, 1.165) is 6.61 Å². The summed E-state index contributed by atoms with van der Waals surface area (Å²) in [6, 6.07) is 0. The van der Waals surface area contributed by atoms with Gasteiger partial charge in [-0.15, -0.1) is 6.58 Å². The molecule has 0 aliphatic rings. The van der Waals surface area contributed by atoms with Gasteiger partial charge in [0, 0.05) is 12.5 Å². The standard InChI is InChI=1S/C7H14O/c1-5-7(2,3)6-8-4/h5H,1,6H2,2-4H3. The molecular weight excluding hydrogens is 100 g/mol. The molecular formula is C7H14O. The Bertz CT molecular complexity index is 74.5. The van der Waals surface area contributed by atoms with Crippen LogP contribution in [0.4, 0.5) is 0 Å². The molecule has 0 aromatic carbocycles. The Labute approximate surface area is 51.4 Å². The number of hydrogen-bond donors (Lipinski definition) is 0. The summed E-state index contributed by atoms with van der Waals surface area (Å²) in [7, 11) is 1.70. The number of methoxy groups -OCH3 is 1. The van der Waals surface area contributed by atoms with Crippen molar-refractivity contribution in [2.45, 2.75) is 13.8 Å². The summed E-state index contributed by atoms with van der Waals surface area (Å²) >= 11 is 0. The molecule has 1 heteroatoms. The van der Waals surface area contributed by atoms with Gasteiger partial charge in [0.2, 0.25) is 0 Å². The maximum Gasteiger partial charge on any atom is 0.0547 e.